The summed E-state index contributed by atoms with van der Waals surface area (Å²) in [5.41, 5.74) is 0. The molecule has 2 rings (SSSR count). The molecule has 0 aliphatic rings. The lowest BCUT2D eigenvalue weighted by Gasteiger charge is -2.13. The van der Waals surface area contributed by atoms with Crippen molar-refractivity contribution in [2.24, 2.45) is 0 Å². The second-order valence-corrected chi connectivity index (χ2v) is 5.90. The molecular weight excluding hydrogens is 256 g/mol. The summed E-state index contributed by atoms with van der Waals surface area (Å²) in [4.78, 5) is 1.39. The first-order valence-corrected chi connectivity index (χ1v) is 7.51. The van der Waals surface area contributed by atoms with E-state index < -0.39 is 0 Å². The lowest BCUT2D eigenvalue weighted by atomic mass is 10.2. The van der Waals surface area contributed by atoms with Crippen LogP contribution in [0.2, 0.25) is 0 Å². The molecule has 0 fully saturated rings. The maximum absolute atomic E-state index is 5.01. The minimum atomic E-state index is 0.460. The highest BCUT2D eigenvalue weighted by Crippen LogP contribution is 2.24. The first-order chi connectivity index (χ1) is 9.29. The number of benzene rings is 1. The molecule has 1 unspecified atom stereocenters. The third-order valence-electron chi connectivity index (χ3n) is 3.03. The van der Waals surface area contributed by atoms with Crippen molar-refractivity contribution in [1.82, 2.24) is 10.6 Å². The summed E-state index contributed by atoms with van der Waals surface area (Å²) in [5, 5.41) is 8.25. The van der Waals surface area contributed by atoms with Crippen LogP contribution in [0.4, 0.5) is 0 Å². The van der Waals surface area contributed by atoms with Gasteiger partial charge in [-0.1, -0.05) is 18.2 Å². The molecule has 0 spiro atoms. The Kier molecular flexibility index (Phi) is 5.79. The van der Waals surface area contributed by atoms with Crippen molar-refractivity contribution in [3.63, 3.8) is 0 Å². The molecular formula is C15H22N2OS. The van der Waals surface area contributed by atoms with Gasteiger partial charge in [-0.05, 0) is 24.4 Å². The topological polar surface area (TPSA) is 33.3 Å². The van der Waals surface area contributed by atoms with Crippen molar-refractivity contribution in [2.45, 2.75) is 19.5 Å². The van der Waals surface area contributed by atoms with Crippen molar-refractivity contribution in [1.29, 1.82) is 0 Å². The van der Waals surface area contributed by atoms with Crippen LogP contribution in [-0.4, -0.2) is 32.8 Å². The molecule has 0 aliphatic heterocycles. The number of thiophene rings is 1. The van der Waals surface area contributed by atoms with Crippen molar-refractivity contribution < 1.29 is 4.74 Å². The van der Waals surface area contributed by atoms with Crippen molar-refractivity contribution in [3.05, 3.63) is 35.2 Å². The molecule has 0 saturated carbocycles. The molecule has 1 aromatic carbocycles. The minimum Gasteiger partial charge on any atom is -0.383 e. The van der Waals surface area contributed by atoms with E-state index in [4.69, 9.17) is 4.74 Å². The van der Waals surface area contributed by atoms with E-state index in [0.717, 1.165) is 26.2 Å². The Labute approximate surface area is 119 Å². The summed E-state index contributed by atoms with van der Waals surface area (Å²) < 4.78 is 6.37. The molecule has 0 aliphatic carbocycles. The Morgan fingerprint density at radius 3 is 2.95 bits per heavy atom. The van der Waals surface area contributed by atoms with Crippen LogP contribution < -0.4 is 10.6 Å². The standard InChI is InChI=1S/C15H22N2OS/c1-12(10-16-7-8-18-2)17-11-14-9-13-5-3-4-6-15(13)19-14/h3-6,9,12,16-17H,7-8,10-11H2,1-2H3. The van der Waals surface area contributed by atoms with Crippen molar-refractivity contribution in [2.75, 3.05) is 26.8 Å². The molecule has 0 bridgehead atoms. The van der Waals surface area contributed by atoms with Gasteiger partial charge in [-0.3, -0.25) is 0 Å². The fraction of sp³-hybridized carbons (Fsp3) is 0.467. The molecule has 4 heteroatoms. The van der Waals surface area contributed by atoms with Gasteiger partial charge >= 0.3 is 0 Å². The number of nitrogens with one attached hydrogen (secondary N) is 2. The van der Waals surface area contributed by atoms with Crippen LogP contribution in [0.5, 0.6) is 0 Å². The Hall–Kier alpha value is -0.940. The average molecular weight is 278 g/mol. The number of fused-ring (bicyclic) bond motifs is 1. The summed E-state index contributed by atoms with van der Waals surface area (Å²) in [6.07, 6.45) is 0. The van der Waals surface area contributed by atoms with E-state index in [1.54, 1.807) is 7.11 Å². The predicted molar refractivity (Wildman–Crippen MR) is 82.9 cm³/mol. The highest BCUT2D eigenvalue weighted by molar-refractivity contribution is 7.19. The minimum absolute atomic E-state index is 0.460. The van der Waals surface area contributed by atoms with Gasteiger partial charge < -0.3 is 15.4 Å². The number of rotatable bonds is 8. The average Bonchev–Trinajstić information content (AvgIpc) is 2.84. The van der Waals surface area contributed by atoms with E-state index in [2.05, 4.69) is 47.9 Å². The summed E-state index contributed by atoms with van der Waals surface area (Å²) in [6, 6.07) is 11.3. The molecule has 0 amide bonds. The van der Waals surface area contributed by atoms with Crippen molar-refractivity contribution >= 4 is 21.4 Å². The van der Waals surface area contributed by atoms with E-state index in [1.807, 2.05) is 11.3 Å². The molecule has 1 atom stereocenters. The van der Waals surface area contributed by atoms with Gasteiger partial charge in [-0.25, -0.2) is 0 Å². The summed E-state index contributed by atoms with van der Waals surface area (Å²) in [7, 11) is 1.73. The van der Waals surface area contributed by atoms with Crippen LogP contribution in [0.15, 0.2) is 30.3 Å². The molecule has 2 aromatic rings. The first-order valence-electron chi connectivity index (χ1n) is 6.70. The number of methoxy groups -OCH3 is 1. The quantitative estimate of drug-likeness (QED) is 0.728. The highest BCUT2D eigenvalue weighted by atomic mass is 32.1. The van der Waals surface area contributed by atoms with Gasteiger partial charge in [0.25, 0.3) is 0 Å². The summed E-state index contributed by atoms with van der Waals surface area (Å²) >= 11 is 1.87. The smallest absolute Gasteiger partial charge is 0.0587 e. The first kappa shape index (κ1) is 14.5. The Bertz CT molecular complexity index is 465. The van der Waals surface area contributed by atoms with E-state index in [9.17, 15) is 0 Å². The van der Waals surface area contributed by atoms with Gasteiger partial charge in [0.2, 0.25) is 0 Å². The van der Waals surface area contributed by atoms with E-state index >= 15 is 0 Å². The molecule has 2 N–H and O–H groups in total. The van der Waals surface area contributed by atoms with Gasteiger partial charge in [-0.15, -0.1) is 11.3 Å². The second kappa shape index (κ2) is 7.60. The van der Waals surface area contributed by atoms with E-state index in [-0.39, 0.29) is 0 Å². The summed E-state index contributed by atoms with van der Waals surface area (Å²) in [6.45, 7) is 5.78. The molecule has 19 heavy (non-hydrogen) atoms. The van der Waals surface area contributed by atoms with Crippen LogP contribution in [0, 0.1) is 0 Å². The number of hydrogen-bond donors (Lipinski definition) is 2. The Morgan fingerprint density at radius 1 is 1.32 bits per heavy atom. The lowest BCUT2D eigenvalue weighted by Crippen LogP contribution is -2.36. The fourth-order valence-electron chi connectivity index (χ4n) is 1.96. The zero-order valence-electron chi connectivity index (χ0n) is 11.6. The SMILES string of the molecule is COCCNCC(C)NCc1cc2ccccc2s1. The molecule has 104 valence electrons. The third kappa shape index (κ3) is 4.58. The van der Waals surface area contributed by atoms with Gasteiger partial charge in [-0.2, -0.15) is 0 Å². The summed E-state index contributed by atoms with van der Waals surface area (Å²) in [5.74, 6) is 0. The molecule has 3 nitrogen and oxygen atoms in total. The van der Waals surface area contributed by atoms with Gasteiger partial charge in [0, 0.05) is 42.4 Å². The highest BCUT2D eigenvalue weighted by Gasteiger charge is 2.04. The van der Waals surface area contributed by atoms with Crippen LogP contribution >= 0.6 is 11.3 Å². The molecule has 1 heterocycles. The van der Waals surface area contributed by atoms with E-state index in [1.165, 1.54) is 15.0 Å². The largest absolute Gasteiger partial charge is 0.383 e. The zero-order chi connectivity index (χ0) is 13.5. The van der Waals surface area contributed by atoms with E-state index in [0.29, 0.717) is 6.04 Å². The van der Waals surface area contributed by atoms with Gasteiger partial charge in [0.05, 0.1) is 6.61 Å². The van der Waals surface area contributed by atoms with Crippen LogP contribution in [-0.2, 0) is 11.3 Å². The fourth-order valence-corrected chi connectivity index (χ4v) is 2.98. The van der Waals surface area contributed by atoms with Crippen LogP contribution in [0.3, 0.4) is 0 Å². The van der Waals surface area contributed by atoms with Gasteiger partial charge in [0.15, 0.2) is 0 Å². The number of ether oxygens (including phenoxy) is 1. The Morgan fingerprint density at radius 2 is 2.16 bits per heavy atom. The lowest BCUT2D eigenvalue weighted by molar-refractivity contribution is 0.198. The number of hydrogen-bond acceptors (Lipinski definition) is 4. The molecule has 0 saturated heterocycles. The molecule has 1 aromatic heterocycles. The normalized spacial score (nSPS) is 12.9. The third-order valence-corrected chi connectivity index (χ3v) is 4.15. The van der Waals surface area contributed by atoms with Crippen LogP contribution in [0.1, 0.15) is 11.8 Å². The zero-order valence-corrected chi connectivity index (χ0v) is 12.4. The van der Waals surface area contributed by atoms with Gasteiger partial charge in [0.1, 0.15) is 0 Å². The maximum Gasteiger partial charge on any atom is 0.0587 e. The van der Waals surface area contributed by atoms with Crippen LogP contribution in [0.25, 0.3) is 10.1 Å². The monoisotopic (exact) mass is 278 g/mol. The maximum atomic E-state index is 5.01. The van der Waals surface area contributed by atoms with Crippen molar-refractivity contribution in [3.8, 4) is 0 Å². The molecule has 0 radical (unpaired) electrons. The predicted octanol–water partition coefficient (Wildman–Crippen LogP) is 2.62. The Balaban J connectivity index is 1.75. The second-order valence-electron chi connectivity index (χ2n) is 4.73.